The van der Waals surface area contributed by atoms with Crippen LogP contribution < -0.4 is 10.2 Å². The van der Waals surface area contributed by atoms with Crippen LogP contribution in [0, 0.1) is 5.41 Å². The van der Waals surface area contributed by atoms with E-state index in [-0.39, 0.29) is 11.8 Å². The van der Waals surface area contributed by atoms with Crippen molar-refractivity contribution in [3.63, 3.8) is 0 Å². The van der Waals surface area contributed by atoms with Crippen LogP contribution in [0.2, 0.25) is 0 Å². The number of amides is 2. The quantitative estimate of drug-likeness (QED) is 0.866. The second kappa shape index (κ2) is 4.89. The third-order valence-corrected chi connectivity index (χ3v) is 5.38. The molecular weight excluding hydrogens is 311 g/mol. The lowest BCUT2D eigenvalue weighted by molar-refractivity contribution is -0.120. The van der Waals surface area contributed by atoms with Crippen molar-refractivity contribution < 1.29 is 9.59 Å². The van der Waals surface area contributed by atoms with Gasteiger partial charge in [0.2, 0.25) is 11.8 Å². The normalized spacial score (nSPS) is 26.8. The molecule has 0 radical (unpaired) electrons. The lowest BCUT2D eigenvalue weighted by Crippen LogP contribution is -2.29. The van der Waals surface area contributed by atoms with Crippen LogP contribution in [0.15, 0.2) is 24.3 Å². The predicted octanol–water partition coefficient (Wildman–Crippen LogP) is 3.34. The van der Waals surface area contributed by atoms with Gasteiger partial charge in [-0.2, -0.15) is 0 Å². The molecule has 3 rings (SSSR count). The summed E-state index contributed by atoms with van der Waals surface area (Å²) in [5, 5.41) is 2.86. The molecule has 6 heteroatoms. The Labute approximate surface area is 133 Å². The van der Waals surface area contributed by atoms with Crippen molar-refractivity contribution in [1.82, 2.24) is 0 Å². The maximum absolute atomic E-state index is 12.4. The second-order valence-electron chi connectivity index (χ2n) is 5.83. The fourth-order valence-electron chi connectivity index (χ4n) is 2.62. The van der Waals surface area contributed by atoms with E-state index in [4.69, 9.17) is 23.2 Å². The summed E-state index contributed by atoms with van der Waals surface area (Å²) in [4.78, 5) is 26.0. The molecule has 1 unspecified atom stereocenters. The maximum Gasteiger partial charge on any atom is 0.233 e. The van der Waals surface area contributed by atoms with Crippen LogP contribution in [0.1, 0.15) is 26.2 Å². The Balaban J connectivity index is 1.84. The summed E-state index contributed by atoms with van der Waals surface area (Å²) >= 11 is 12.1. The molecular formula is C15H16Cl2N2O2. The van der Waals surface area contributed by atoms with E-state index in [0.29, 0.717) is 25.1 Å². The number of nitrogens with zero attached hydrogens (tertiary/aromatic N) is 1. The number of anilines is 2. The first-order valence-corrected chi connectivity index (χ1v) is 7.69. The van der Waals surface area contributed by atoms with Gasteiger partial charge < -0.3 is 10.2 Å². The predicted molar refractivity (Wildman–Crippen MR) is 83.8 cm³/mol. The molecule has 2 aliphatic rings. The van der Waals surface area contributed by atoms with Crippen molar-refractivity contribution in [1.29, 1.82) is 0 Å². The van der Waals surface area contributed by atoms with Crippen LogP contribution in [0.5, 0.6) is 0 Å². The number of hydrogen-bond donors (Lipinski definition) is 1. The van der Waals surface area contributed by atoms with Gasteiger partial charge in [0, 0.05) is 13.0 Å². The summed E-state index contributed by atoms with van der Waals surface area (Å²) in [6, 6.07) is 7.30. The molecule has 1 aliphatic carbocycles. The molecule has 0 bridgehead atoms. The Morgan fingerprint density at radius 2 is 2.00 bits per heavy atom. The van der Waals surface area contributed by atoms with Crippen molar-refractivity contribution in [2.75, 3.05) is 16.8 Å². The fraction of sp³-hybridized carbons (Fsp3) is 0.467. The largest absolute Gasteiger partial charge is 0.324 e. The van der Waals surface area contributed by atoms with Gasteiger partial charge in [0.15, 0.2) is 0 Å². The van der Waals surface area contributed by atoms with Crippen molar-refractivity contribution in [2.45, 2.75) is 30.5 Å². The van der Waals surface area contributed by atoms with Crippen molar-refractivity contribution in [3.8, 4) is 0 Å². The van der Waals surface area contributed by atoms with Gasteiger partial charge in [0.05, 0.1) is 16.8 Å². The molecule has 1 aromatic rings. The summed E-state index contributed by atoms with van der Waals surface area (Å²) in [5.41, 5.74) is 0.570. The number of carbonyl (C=O) groups excluding carboxylic acids is 2. The average molecular weight is 327 g/mol. The zero-order valence-electron chi connectivity index (χ0n) is 11.7. The number of benzene rings is 1. The van der Waals surface area contributed by atoms with Crippen LogP contribution in [-0.2, 0) is 9.59 Å². The number of halogens is 2. The zero-order valence-corrected chi connectivity index (χ0v) is 13.2. The van der Waals surface area contributed by atoms with Crippen LogP contribution in [0.25, 0.3) is 0 Å². The number of carbonyl (C=O) groups is 2. The Bertz CT molecular complexity index is 617. The summed E-state index contributed by atoms with van der Waals surface area (Å²) in [7, 11) is 0. The fourth-order valence-corrected chi connectivity index (χ4v) is 3.33. The first-order chi connectivity index (χ1) is 9.85. The molecule has 4 nitrogen and oxygen atoms in total. The maximum atomic E-state index is 12.4. The highest BCUT2D eigenvalue weighted by atomic mass is 35.5. The van der Waals surface area contributed by atoms with E-state index in [0.717, 1.165) is 12.1 Å². The number of rotatable bonds is 3. The van der Waals surface area contributed by atoms with E-state index in [2.05, 4.69) is 5.32 Å². The van der Waals surface area contributed by atoms with E-state index in [1.165, 1.54) is 0 Å². The average Bonchev–Trinajstić information content (AvgIpc) is 2.76. The lowest BCUT2D eigenvalue weighted by atomic mass is 10.1. The van der Waals surface area contributed by atoms with Crippen molar-refractivity contribution >= 4 is 46.4 Å². The highest BCUT2D eigenvalue weighted by Gasteiger charge is 2.67. The van der Waals surface area contributed by atoms with E-state index in [1.54, 1.807) is 17.9 Å². The van der Waals surface area contributed by atoms with Gasteiger partial charge in [0.1, 0.15) is 4.33 Å². The molecule has 0 aromatic heterocycles. The molecule has 112 valence electrons. The van der Waals surface area contributed by atoms with Gasteiger partial charge >= 0.3 is 0 Å². The highest BCUT2D eigenvalue weighted by Crippen LogP contribution is 2.64. The van der Waals surface area contributed by atoms with Gasteiger partial charge in [-0.3, -0.25) is 9.59 Å². The van der Waals surface area contributed by atoms with Gasteiger partial charge in [-0.15, -0.1) is 23.2 Å². The summed E-state index contributed by atoms with van der Waals surface area (Å²) < 4.78 is -1.00. The van der Waals surface area contributed by atoms with E-state index < -0.39 is 9.75 Å². The Morgan fingerprint density at radius 3 is 2.57 bits per heavy atom. The van der Waals surface area contributed by atoms with Crippen LogP contribution in [-0.4, -0.2) is 22.7 Å². The minimum atomic E-state index is -1.00. The summed E-state index contributed by atoms with van der Waals surface area (Å²) in [6.07, 6.45) is 1.82. The Morgan fingerprint density at radius 1 is 1.33 bits per heavy atom. The smallest absolute Gasteiger partial charge is 0.233 e. The first kappa shape index (κ1) is 14.7. The Hall–Kier alpha value is -1.26. The van der Waals surface area contributed by atoms with Gasteiger partial charge in [-0.1, -0.05) is 12.1 Å². The minimum Gasteiger partial charge on any atom is -0.324 e. The molecule has 21 heavy (non-hydrogen) atoms. The number of para-hydroxylation sites is 2. The summed E-state index contributed by atoms with van der Waals surface area (Å²) in [6.45, 7) is 2.42. The van der Waals surface area contributed by atoms with Gasteiger partial charge in [-0.25, -0.2) is 0 Å². The van der Waals surface area contributed by atoms with Gasteiger partial charge in [0.25, 0.3) is 0 Å². The zero-order chi connectivity index (χ0) is 15.3. The molecule has 1 saturated heterocycles. The Kier molecular flexibility index (Phi) is 3.41. The number of nitrogens with one attached hydrogen (secondary N) is 1. The van der Waals surface area contributed by atoms with E-state index in [1.807, 2.05) is 18.2 Å². The number of alkyl halides is 2. The molecule has 1 aliphatic heterocycles. The molecule has 1 aromatic carbocycles. The third kappa shape index (κ3) is 2.40. The molecule has 2 fully saturated rings. The summed E-state index contributed by atoms with van der Waals surface area (Å²) in [5.74, 6) is -0.134. The minimum absolute atomic E-state index is 0.0818. The lowest BCUT2D eigenvalue weighted by Gasteiger charge is -2.21. The first-order valence-electron chi connectivity index (χ1n) is 6.94. The number of hydrogen-bond acceptors (Lipinski definition) is 2. The van der Waals surface area contributed by atoms with Crippen molar-refractivity contribution in [2.24, 2.45) is 5.41 Å². The monoisotopic (exact) mass is 326 g/mol. The van der Waals surface area contributed by atoms with Crippen molar-refractivity contribution in [3.05, 3.63) is 24.3 Å². The molecule has 1 atom stereocenters. The van der Waals surface area contributed by atoms with Crippen LogP contribution >= 0.6 is 23.2 Å². The van der Waals surface area contributed by atoms with Gasteiger partial charge in [-0.05, 0) is 31.9 Å². The van der Waals surface area contributed by atoms with E-state index in [9.17, 15) is 9.59 Å². The second-order valence-corrected chi connectivity index (χ2v) is 7.32. The standard InChI is InChI=1S/C15H16Cl2N2O2/c1-14(9-15(14,16)17)13(21)18-10-5-2-3-6-11(10)19-8-4-7-12(19)20/h2-3,5-6H,4,7-9H2,1H3,(H,18,21). The molecule has 1 saturated carbocycles. The molecule has 1 N–H and O–H groups in total. The van der Waals surface area contributed by atoms with Crippen LogP contribution in [0.3, 0.4) is 0 Å². The highest BCUT2D eigenvalue weighted by molar-refractivity contribution is 6.53. The molecule has 0 spiro atoms. The third-order valence-electron chi connectivity index (χ3n) is 4.28. The van der Waals surface area contributed by atoms with Crippen LogP contribution in [0.4, 0.5) is 11.4 Å². The molecule has 1 heterocycles. The molecule has 2 amide bonds. The van der Waals surface area contributed by atoms with E-state index >= 15 is 0 Å². The topological polar surface area (TPSA) is 49.4 Å². The SMILES string of the molecule is CC1(C(=O)Nc2ccccc2N2CCCC2=O)CC1(Cl)Cl.